The van der Waals surface area contributed by atoms with E-state index in [-0.39, 0.29) is 6.42 Å². The molecule has 0 radical (unpaired) electrons. The summed E-state index contributed by atoms with van der Waals surface area (Å²) in [5.41, 5.74) is 5.99. The Morgan fingerprint density at radius 2 is 1.83 bits per heavy atom. The molecule has 1 amide bonds. The molecular formula is C18H27N2O8P. The lowest BCUT2D eigenvalue weighted by Crippen LogP contribution is -2.41. The normalized spacial score (nSPS) is 15.2. The van der Waals surface area contributed by atoms with Gasteiger partial charge in [-0.15, -0.1) is 0 Å². The Hall–Kier alpha value is -2.26. The molecule has 0 bridgehead atoms. The number of benzene rings is 1. The first-order chi connectivity index (χ1) is 13.6. The van der Waals surface area contributed by atoms with Crippen molar-refractivity contribution in [2.24, 2.45) is 11.7 Å². The summed E-state index contributed by atoms with van der Waals surface area (Å²) in [4.78, 5) is 44.9. The summed E-state index contributed by atoms with van der Waals surface area (Å²) in [5, 5.41) is 11.6. The van der Waals surface area contributed by atoms with Crippen LogP contribution in [0.25, 0.3) is 0 Å². The maximum atomic E-state index is 12.7. The van der Waals surface area contributed by atoms with Gasteiger partial charge in [0.15, 0.2) is 6.10 Å². The Morgan fingerprint density at radius 3 is 2.34 bits per heavy atom. The number of aryl methyl sites for hydroxylation is 1. The second-order valence-electron chi connectivity index (χ2n) is 6.63. The van der Waals surface area contributed by atoms with E-state index in [0.29, 0.717) is 6.42 Å². The molecule has 0 heterocycles. The molecule has 1 unspecified atom stereocenters. The lowest BCUT2D eigenvalue weighted by Gasteiger charge is -2.28. The van der Waals surface area contributed by atoms with Crippen LogP contribution in [-0.2, 0) is 34.6 Å². The summed E-state index contributed by atoms with van der Waals surface area (Å²) in [7, 11) is -4.62. The largest absolute Gasteiger partial charge is 0.479 e. The molecule has 5 N–H and O–H groups in total. The SMILES string of the molecule is CC(C)[C@H](NC(=O)CCc1ccccc1)P(=O)(O)O[C@H](COC(=O)CN)C(=O)O. The summed E-state index contributed by atoms with van der Waals surface area (Å²) in [6.07, 6.45) is -1.38. The fourth-order valence-corrected chi connectivity index (χ4v) is 4.09. The highest BCUT2D eigenvalue weighted by Gasteiger charge is 2.40. The van der Waals surface area contributed by atoms with Crippen molar-refractivity contribution in [1.29, 1.82) is 0 Å². The van der Waals surface area contributed by atoms with Crippen LogP contribution in [0, 0.1) is 5.92 Å². The van der Waals surface area contributed by atoms with Crippen molar-refractivity contribution in [3.63, 3.8) is 0 Å². The fourth-order valence-electron chi connectivity index (χ4n) is 2.39. The Bertz CT molecular complexity index is 741. The van der Waals surface area contributed by atoms with Gasteiger partial charge in [0.05, 0.1) is 6.54 Å². The molecule has 0 saturated carbocycles. The number of carboxylic acid groups (broad SMARTS) is 1. The number of carboxylic acids is 1. The highest BCUT2D eigenvalue weighted by atomic mass is 31.2. The van der Waals surface area contributed by atoms with Crippen molar-refractivity contribution in [2.45, 2.75) is 38.6 Å². The third-order valence-electron chi connectivity index (χ3n) is 3.89. The third kappa shape index (κ3) is 8.74. The van der Waals surface area contributed by atoms with Crippen LogP contribution in [0.15, 0.2) is 30.3 Å². The monoisotopic (exact) mass is 430 g/mol. The van der Waals surface area contributed by atoms with E-state index in [1.165, 1.54) is 0 Å². The lowest BCUT2D eigenvalue weighted by atomic mass is 10.1. The molecule has 0 spiro atoms. The smallest absolute Gasteiger partial charge is 0.351 e. The summed E-state index contributed by atoms with van der Waals surface area (Å²) in [5.74, 6) is -4.83. The molecule has 1 aromatic carbocycles. The molecule has 0 aliphatic carbocycles. The van der Waals surface area contributed by atoms with Crippen molar-refractivity contribution >= 4 is 25.4 Å². The van der Waals surface area contributed by atoms with Gasteiger partial charge in [0.1, 0.15) is 12.4 Å². The predicted molar refractivity (Wildman–Crippen MR) is 104 cm³/mol. The number of carbonyl (C=O) groups excluding carboxylic acids is 2. The lowest BCUT2D eigenvalue weighted by molar-refractivity contribution is -0.154. The van der Waals surface area contributed by atoms with E-state index in [1.807, 2.05) is 30.3 Å². The predicted octanol–water partition coefficient (Wildman–Crippen LogP) is 0.875. The standard InChI is InChI=1S/C18H27N2O8P/c1-12(2)17(20-15(21)9-8-13-6-4-3-5-7-13)29(25,26)28-14(18(23)24)11-27-16(22)10-19/h3-7,12,14,17H,8-11,19H2,1-2H3,(H,20,21)(H,23,24)(H,25,26)/t14-,17-/m1/s1. The maximum absolute atomic E-state index is 12.7. The van der Waals surface area contributed by atoms with E-state index in [2.05, 4.69) is 10.1 Å². The number of nitrogens with two attached hydrogens (primary N) is 1. The third-order valence-corrected chi connectivity index (χ3v) is 5.88. The van der Waals surface area contributed by atoms with Crippen molar-refractivity contribution < 1.29 is 38.2 Å². The Kier molecular flexibility index (Phi) is 9.97. The molecular weight excluding hydrogens is 403 g/mol. The second-order valence-corrected chi connectivity index (χ2v) is 8.52. The zero-order valence-electron chi connectivity index (χ0n) is 16.3. The molecule has 10 nitrogen and oxygen atoms in total. The molecule has 162 valence electrons. The summed E-state index contributed by atoms with van der Waals surface area (Å²) >= 11 is 0. The van der Waals surface area contributed by atoms with Gasteiger partial charge in [-0.1, -0.05) is 44.2 Å². The average molecular weight is 430 g/mol. The van der Waals surface area contributed by atoms with Crippen LogP contribution in [0.3, 0.4) is 0 Å². The topological polar surface area (TPSA) is 165 Å². The molecule has 1 aromatic rings. The van der Waals surface area contributed by atoms with Gasteiger partial charge in [-0.2, -0.15) is 0 Å². The van der Waals surface area contributed by atoms with Gasteiger partial charge in [0.2, 0.25) is 5.91 Å². The van der Waals surface area contributed by atoms with Crippen LogP contribution in [0.4, 0.5) is 0 Å². The fraction of sp³-hybridized carbons (Fsp3) is 0.500. The van der Waals surface area contributed by atoms with Gasteiger partial charge in [0.25, 0.3) is 0 Å². The van der Waals surface area contributed by atoms with Crippen molar-refractivity contribution in [3.8, 4) is 0 Å². The van der Waals surface area contributed by atoms with Gasteiger partial charge in [0, 0.05) is 6.42 Å². The minimum absolute atomic E-state index is 0.0731. The molecule has 29 heavy (non-hydrogen) atoms. The number of hydrogen-bond acceptors (Lipinski definition) is 7. The second kappa shape index (κ2) is 11.7. The van der Waals surface area contributed by atoms with E-state index >= 15 is 0 Å². The van der Waals surface area contributed by atoms with E-state index in [4.69, 9.17) is 15.4 Å². The first-order valence-corrected chi connectivity index (χ1v) is 10.6. The maximum Gasteiger partial charge on any atom is 0.351 e. The molecule has 0 aliphatic heterocycles. The molecule has 0 fully saturated rings. The minimum Gasteiger partial charge on any atom is -0.479 e. The molecule has 0 saturated heterocycles. The quantitative estimate of drug-likeness (QED) is 0.278. The number of hydrogen-bond donors (Lipinski definition) is 4. The van der Waals surface area contributed by atoms with Crippen LogP contribution in [0.1, 0.15) is 25.8 Å². The summed E-state index contributed by atoms with van der Waals surface area (Å²) < 4.78 is 22.1. The van der Waals surface area contributed by atoms with Gasteiger partial charge in [-0.05, 0) is 17.9 Å². The van der Waals surface area contributed by atoms with Crippen LogP contribution >= 0.6 is 7.60 Å². The van der Waals surface area contributed by atoms with Gasteiger partial charge < -0.3 is 25.8 Å². The van der Waals surface area contributed by atoms with Gasteiger partial charge in [-0.3, -0.25) is 18.7 Å². The van der Waals surface area contributed by atoms with E-state index in [1.54, 1.807) is 13.8 Å². The Morgan fingerprint density at radius 1 is 1.21 bits per heavy atom. The molecule has 0 aliphatic rings. The zero-order valence-corrected chi connectivity index (χ0v) is 17.2. The first-order valence-electron chi connectivity index (χ1n) is 8.99. The van der Waals surface area contributed by atoms with E-state index in [0.717, 1.165) is 5.56 Å². The number of ether oxygens (including phenoxy) is 1. The molecule has 0 aromatic heterocycles. The van der Waals surface area contributed by atoms with Crippen molar-refractivity contribution in [3.05, 3.63) is 35.9 Å². The number of amides is 1. The number of aliphatic carboxylic acids is 1. The minimum atomic E-state index is -4.62. The number of esters is 1. The van der Waals surface area contributed by atoms with Crippen LogP contribution < -0.4 is 11.1 Å². The van der Waals surface area contributed by atoms with Crippen LogP contribution in [0.2, 0.25) is 0 Å². The molecule has 3 atom stereocenters. The van der Waals surface area contributed by atoms with Gasteiger partial charge >= 0.3 is 19.5 Å². The zero-order chi connectivity index (χ0) is 22.0. The Balaban J connectivity index is 2.77. The summed E-state index contributed by atoms with van der Waals surface area (Å²) in [6, 6.07) is 9.23. The number of carbonyl (C=O) groups is 3. The van der Waals surface area contributed by atoms with Crippen molar-refractivity contribution in [1.82, 2.24) is 5.32 Å². The number of rotatable bonds is 12. The van der Waals surface area contributed by atoms with Crippen LogP contribution in [0.5, 0.6) is 0 Å². The average Bonchev–Trinajstić information content (AvgIpc) is 2.67. The Labute approximate surface area is 168 Å². The number of nitrogens with one attached hydrogen (secondary N) is 1. The molecule has 11 heteroatoms. The highest BCUT2D eigenvalue weighted by molar-refractivity contribution is 7.53. The highest BCUT2D eigenvalue weighted by Crippen LogP contribution is 2.50. The van der Waals surface area contributed by atoms with E-state index in [9.17, 15) is 23.8 Å². The van der Waals surface area contributed by atoms with Crippen molar-refractivity contribution in [2.75, 3.05) is 13.2 Å². The summed E-state index contributed by atoms with van der Waals surface area (Å²) in [6.45, 7) is 1.90. The van der Waals surface area contributed by atoms with E-state index < -0.39 is 56.4 Å². The first kappa shape index (κ1) is 24.8. The van der Waals surface area contributed by atoms with Gasteiger partial charge in [-0.25, -0.2) is 4.79 Å². The van der Waals surface area contributed by atoms with Crippen LogP contribution in [-0.4, -0.2) is 52.9 Å². The molecule has 1 rings (SSSR count).